The third-order valence-electron chi connectivity index (χ3n) is 4.20. The van der Waals surface area contributed by atoms with E-state index in [-0.39, 0.29) is 46.6 Å². The zero-order valence-corrected chi connectivity index (χ0v) is 18.4. The molecule has 164 valence electrons. The fourth-order valence-electron chi connectivity index (χ4n) is 2.69. The van der Waals surface area contributed by atoms with Gasteiger partial charge in [0.1, 0.15) is 5.75 Å². The van der Waals surface area contributed by atoms with Crippen LogP contribution in [-0.2, 0) is 20.0 Å². The summed E-state index contributed by atoms with van der Waals surface area (Å²) in [7, 11) is -7.97. The second-order valence-corrected chi connectivity index (χ2v) is 9.66. The van der Waals surface area contributed by atoms with Gasteiger partial charge in [-0.05, 0) is 37.3 Å². The highest BCUT2D eigenvalue weighted by atomic mass is 32.2. The lowest BCUT2D eigenvalue weighted by atomic mass is 10.3. The van der Waals surface area contributed by atoms with Crippen molar-refractivity contribution in [2.45, 2.75) is 30.6 Å². The zero-order chi connectivity index (χ0) is 22.5. The molecule has 10 nitrogen and oxygen atoms in total. The normalized spacial score (nSPS) is 12.0. The average molecular weight is 458 g/mol. The largest absolute Gasteiger partial charge is 0.492 e. The summed E-state index contributed by atoms with van der Waals surface area (Å²) in [6.45, 7) is 5.86. The Balaban J connectivity index is 2.49. The quantitative estimate of drug-likeness (QED) is 0.428. The molecule has 0 saturated heterocycles. The minimum Gasteiger partial charge on any atom is -0.492 e. The van der Waals surface area contributed by atoms with Gasteiger partial charge in [-0.2, -0.15) is 4.31 Å². The molecular weight excluding hydrogens is 434 g/mol. The molecule has 0 atom stereocenters. The van der Waals surface area contributed by atoms with Crippen LogP contribution < -0.4 is 9.46 Å². The Morgan fingerprint density at radius 2 is 1.53 bits per heavy atom. The van der Waals surface area contributed by atoms with Crippen LogP contribution in [0.4, 0.5) is 11.4 Å². The Morgan fingerprint density at radius 3 is 2.03 bits per heavy atom. The van der Waals surface area contributed by atoms with Gasteiger partial charge in [0.05, 0.1) is 27.0 Å². The number of ether oxygens (including phenoxy) is 1. The van der Waals surface area contributed by atoms with E-state index >= 15 is 0 Å². The smallest absolute Gasteiger partial charge is 0.269 e. The van der Waals surface area contributed by atoms with Gasteiger partial charge >= 0.3 is 0 Å². The van der Waals surface area contributed by atoms with Crippen LogP contribution in [0.5, 0.6) is 5.75 Å². The third-order valence-corrected chi connectivity index (χ3v) is 7.62. The van der Waals surface area contributed by atoms with Gasteiger partial charge < -0.3 is 4.74 Å². The molecule has 2 aromatic rings. The van der Waals surface area contributed by atoms with E-state index in [2.05, 4.69) is 4.72 Å². The summed E-state index contributed by atoms with van der Waals surface area (Å²) in [5, 5.41) is 10.8. The van der Waals surface area contributed by atoms with Crippen molar-refractivity contribution < 1.29 is 26.5 Å². The number of nitro benzene ring substituents is 1. The van der Waals surface area contributed by atoms with Crippen LogP contribution in [0.2, 0.25) is 0 Å². The van der Waals surface area contributed by atoms with E-state index in [1.165, 1.54) is 22.5 Å². The molecule has 0 bridgehead atoms. The van der Waals surface area contributed by atoms with Crippen LogP contribution in [0.1, 0.15) is 20.8 Å². The van der Waals surface area contributed by atoms with E-state index in [9.17, 15) is 26.9 Å². The van der Waals surface area contributed by atoms with E-state index < -0.39 is 25.0 Å². The highest BCUT2D eigenvalue weighted by Gasteiger charge is 2.25. The summed E-state index contributed by atoms with van der Waals surface area (Å²) in [5.74, 6) is 0.154. The summed E-state index contributed by atoms with van der Waals surface area (Å²) in [6.07, 6.45) is 0. The number of non-ortho nitro benzene ring substituents is 1. The van der Waals surface area contributed by atoms with Crippen molar-refractivity contribution in [2.75, 3.05) is 24.4 Å². The van der Waals surface area contributed by atoms with E-state index in [1.807, 2.05) is 0 Å². The molecule has 0 fully saturated rings. The molecule has 1 N–H and O–H groups in total. The number of rotatable bonds is 10. The standard InChI is InChI=1S/C18H23N3O7S2/c1-4-20(5-2)30(26,27)16-11-12-18(28-6-3)17(13-16)19-29(24,25)15-9-7-14(8-10-15)21(22)23/h7-13,19H,4-6H2,1-3H3. The molecule has 0 aliphatic carbocycles. The molecule has 12 heteroatoms. The van der Waals surface area contributed by atoms with Crippen molar-refractivity contribution in [2.24, 2.45) is 0 Å². The van der Waals surface area contributed by atoms with Crippen molar-refractivity contribution in [1.29, 1.82) is 0 Å². The van der Waals surface area contributed by atoms with Crippen molar-refractivity contribution in [3.8, 4) is 5.75 Å². The van der Waals surface area contributed by atoms with Gasteiger partial charge in [0.25, 0.3) is 15.7 Å². The lowest BCUT2D eigenvalue weighted by Gasteiger charge is -2.20. The maximum atomic E-state index is 12.8. The van der Waals surface area contributed by atoms with Crippen LogP contribution in [0, 0.1) is 10.1 Å². The minimum absolute atomic E-state index is 0.0524. The first kappa shape index (κ1) is 23.6. The topological polar surface area (TPSA) is 136 Å². The van der Waals surface area contributed by atoms with Gasteiger partial charge in [-0.3, -0.25) is 14.8 Å². The number of anilines is 1. The number of sulfonamides is 2. The second-order valence-electron chi connectivity index (χ2n) is 6.04. The molecule has 0 spiro atoms. The molecule has 0 amide bonds. The first-order valence-electron chi connectivity index (χ1n) is 9.11. The number of hydrogen-bond acceptors (Lipinski definition) is 7. The van der Waals surface area contributed by atoms with E-state index in [1.54, 1.807) is 20.8 Å². The van der Waals surface area contributed by atoms with Crippen molar-refractivity contribution in [3.63, 3.8) is 0 Å². The van der Waals surface area contributed by atoms with Gasteiger partial charge in [0, 0.05) is 25.2 Å². The molecule has 2 aromatic carbocycles. The SMILES string of the molecule is CCOc1ccc(S(=O)(=O)N(CC)CC)cc1NS(=O)(=O)c1ccc([N+](=O)[O-])cc1. The Morgan fingerprint density at radius 1 is 0.967 bits per heavy atom. The van der Waals surface area contributed by atoms with Crippen LogP contribution in [0.25, 0.3) is 0 Å². The molecule has 0 aliphatic heterocycles. The Labute approximate surface area is 175 Å². The zero-order valence-electron chi connectivity index (χ0n) is 16.7. The molecule has 0 unspecified atom stereocenters. The maximum absolute atomic E-state index is 12.8. The van der Waals surface area contributed by atoms with Crippen molar-refractivity contribution >= 4 is 31.4 Å². The number of nitrogens with one attached hydrogen (secondary N) is 1. The summed E-state index contributed by atoms with van der Waals surface area (Å²) >= 11 is 0. The molecule has 0 heterocycles. The van der Waals surface area contributed by atoms with Crippen molar-refractivity contribution in [3.05, 3.63) is 52.6 Å². The lowest BCUT2D eigenvalue weighted by Crippen LogP contribution is -2.30. The van der Waals surface area contributed by atoms with Gasteiger partial charge in [-0.1, -0.05) is 13.8 Å². The fraction of sp³-hybridized carbons (Fsp3) is 0.333. The second kappa shape index (κ2) is 9.41. The molecule has 0 aliphatic rings. The molecule has 30 heavy (non-hydrogen) atoms. The summed E-state index contributed by atoms with van der Waals surface area (Å²) in [5.41, 5.74) is -0.306. The number of benzene rings is 2. The Bertz CT molecular complexity index is 1110. The lowest BCUT2D eigenvalue weighted by molar-refractivity contribution is -0.384. The predicted octanol–water partition coefficient (Wildman–Crippen LogP) is 2.82. The summed E-state index contributed by atoms with van der Waals surface area (Å²) in [4.78, 5) is 9.83. The van der Waals surface area contributed by atoms with Crippen LogP contribution in [0.3, 0.4) is 0 Å². The first-order chi connectivity index (χ1) is 14.1. The van der Waals surface area contributed by atoms with E-state index in [4.69, 9.17) is 4.74 Å². The molecule has 0 aromatic heterocycles. The van der Waals surface area contributed by atoms with E-state index in [0.717, 1.165) is 24.3 Å². The van der Waals surface area contributed by atoms with Gasteiger partial charge in [0.15, 0.2) is 0 Å². The highest BCUT2D eigenvalue weighted by molar-refractivity contribution is 7.92. The van der Waals surface area contributed by atoms with Crippen molar-refractivity contribution in [1.82, 2.24) is 4.31 Å². The maximum Gasteiger partial charge on any atom is 0.269 e. The van der Waals surface area contributed by atoms with E-state index in [0.29, 0.717) is 0 Å². The van der Waals surface area contributed by atoms with Gasteiger partial charge in [0.2, 0.25) is 10.0 Å². The number of hydrogen-bond donors (Lipinski definition) is 1. The first-order valence-corrected chi connectivity index (χ1v) is 12.0. The number of nitro groups is 1. The Kier molecular flexibility index (Phi) is 7.39. The van der Waals surface area contributed by atoms with Crippen LogP contribution in [-0.4, -0.2) is 45.8 Å². The average Bonchev–Trinajstić information content (AvgIpc) is 2.70. The Hall–Kier alpha value is -2.70. The monoisotopic (exact) mass is 457 g/mol. The third kappa shape index (κ3) is 5.07. The molecule has 0 saturated carbocycles. The highest BCUT2D eigenvalue weighted by Crippen LogP contribution is 2.31. The predicted molar refractivity (Wildman–Crippen MR) is 112 cm³/mol. The van der Waals surface area contributed by atoms with Crippen LogP contribution >= 0.6 is 0 Å². The molecule has 2 rings (SSSR count). The van der Waals surface area contributed by atoms with Crippen LogP contribution in [0.15, 0.2) is 52.3 Å². The fourth-order valence-corrected chi connectivity index (χ4v) is 5.24. The van der Waals surface area contributed by atoms with Gasteiger partial charge in [-0.25, -0.2) is 16.8 Å². The summed E-state index contributed by atoms with van der Waals surface area (Å²) in [6, 6.07) is 8.25. The number of nitrogens with zero attached hydrogens (tertiary/aromatic N) is 2. The minimum atomic E-state index is -4.15. The molecule has 0 radical (unpaired) electrons. The molecular formula is C18H23N3O7S2. The summed E-state index contributed by atoms with van der Waals surface area (Å²) < 4.78 is 60.1. The van der Waals surface area contributed by atoms with Gasteiger partial charge in [-0.15, -0.1) is 0 Å².